The number of furan rings is 1. The van der Waals surface area contributed by atoms with Crippen LogP contribution in [0, 0.1) is 0 Å². The Morgan fingerprint density at radius 1 is 1.13 bits per heavy atom. The van der Waals surface area contributed by atoms with Crippen molar-refractivity contribution in [1.82, 2.24) is 15.1 Å². The normalized spacial score (nSPS) is 13.6. The third kappa shape index (κ3) is 4.36. The summed E-state index contributed by atoms with van der Waals surface area (Å²) >= 11 is 0. The summed E-state index contributed by atoms with van der Waals surface area (Å²) in [5.74, 6) is 0.842. The van der Waals surface area contributed by atoms with Crippen molar-refractivity contribution < 1.29 is 9.21 Å². The highest BCUT2D eigenvalue weighted by Crippen LogP contribution is 2.20. The first kappa shape index (κ1) is 17.1. The Hall–Kier alpha value is -2.27. The minimum absolute atomic E-state index is 0.00869. The predicted molar refractivity (Wildman–Crippen MR) is 91.2 cm³/mol. The van der Waals surface area contributed by atoms with Gasteiger partial charge in [-0.05, 0) is 38.7 Å². The number of amides is 2. The smallest absolute Gasteiger partial charge is 0.317 e. The number of likely N-dealkylation sites (N-methyl/N-ethyl adjacent to an activating group) is 1. The van der Waals surface area contributed by atoms with Crippen molar-refractivity contribution in [3.63, 3.8) is 0 Å². The van der Waals surface area contributed by atoms with Gasteiger partial charge in [-0.15, -0.1) is 0 Å². The molecule has 0 spiro atoms. The Morgan fingerprint density at radius 3 is 2.39 bits per heavy atom. The summed E-state index contributed by atoms with van der Waals surface area (Å²) in [5.41, 5.74) is 1.11. The van der Waals surface area contributed by atoms with E-state index in [2.05, 4.69) is 5.32 Å². The largest absolute Gasteiger partial charge is 0.468 e. The highest BCUT2D eigenvalue weighted by Gasteiger charge is 2.21. The maximum absolute atomic E-state index is 12.4. The van der Waals surface area contributed by atoms with Crippen molar-refractivity contribution in [3.8, 4) is 0 Å². The van der Waals surface area contributed by atoms with Crippen LogP contribution in [0.15, 0.2) is 53.1 Å². The van der Waals surface area contributed by atoms with Gasteiger partial charge in [0.05, 0.1) is 18.3 Å². The molecule has 5 nitrogen and oxygen atoms in total. The molecule has 0 saturated carbocycles. The highest BCUT2D eigenvalue weighted by atomic mass is 16.3. The molecule has 0 saturated heterocycles. The van der Waals surface area contributed by atoms with E-state index in [0.717, 1.165) is 11.3 Å². The van der Waals surface area contributed by atoms with Crippen molar-refractivity contribution in [1.29, 1.82) is 0 Å². The zero-order chi connectivity index (χ0) is 16.8. The first-order valence-corrected chi connectivity index (χ1v) is 7.76. The lowest BCUT2D eigenvalue weighted by Crippen LogP contribution is -2.42. The highest BCUT2D eigenvalue weighted by molar-refractivity contribution is 5.74. The summed E-state index contributed by atoms with van der Waals surface area (Å²) in [6, 6.07) is 13.7. The second-order valence-electron chi connectivity index (χ2n) is 5.88. The zero-order valence-corrected chi connectivity index (χ0v) is 14.2. The van der Waals surface area contributed by atoms with Crippen LogP contribution in [0.25, 0.3) is 0 Å². The molecule has 2 amide bonds. The summed E-state index contributed by atoms with van der Waals surface area (Å²) < 4.78 is 5.46. The van der Waals surface area contributed by atoms with E-state index in [-0.39, 0.29) is 18.1 Å². The minimum Gasteiger partial charge on any atom is -0.468 e. The van der Waals surface area contributed by atoms with Crippen LogP contribution in [0.3, 0.4) is 0 Å². The Labute approximate surface area is 137 Å². The molecule has 1 heterocycles. The number of nitrogens with zero attached hydrogens (tertiary/aromatic N) is 2. The number of rotatable bonds is 6. The van der Waals surface area contributed by atoms with Crippen LogP contribution in [0.1, 0.15) is 30.3 Å². The lowest BCUT2D eigenvalue weighted by molar-refractivity contribution is 0.186. The SMILES string of the molecule is CC(c1ccccc1)N(C)C(=O)NCC(c1ccco1)N(C)C. The van der Waals surface area contributed by atoms with Crippen molar-refractivity contribution >= 4 is 6.03 Å². The van der Waals surface area contributed by atoms with E-state index in [1.165, 1.54) is 0 Å². The standard InChI is InChI=1S/C18H25N3O2/c1-14(15-9-6-5-7-10-15)21(4)18(22)19-13-16(20(2)3)17-11-8-12-23-17/h5-12,14,16H,13H2,1-4H3,(H,19,22). The van der Waals surface area contributed by atoms with Crippen LogP contribution in [0.2, 0.25) is 0 Å². The van der Waals surface area contributed by atoms with Gasteiger partial charge in [0.1, 0.15) is 5.76 Å². The van der Waals surface area contributed by atoms with Crippen molar-refractivity contribution in [2.24, 2.45) is 0 Å². The van der Waals surface area contributed by atoms with Crippen LogP contribution in [-0.2, 0) is 0 Å². The van der Waals surface area contributed by atoms with Gasteiger partial charge >= 0.3 is 6.03 Å². The molecule has 1 N–H and O–H groups in total. The summed E-state index contributed by atoms with van der Waals surface area (Å²) in [6.45, 7) is 2.51. The fourth-order valence-corrected chi connectivity index (χ4v) is 2.46. The molecule has 0 bridgehead atoms. The van der Waals surface area contributed by atoms with E-state index in [4.69, 9.17) is 4.42 Å². The Bertz CT molecular complexity index is 596. The van der Waals surface area contributed by atoms with E-state index in [1.807, 2.05) is 75.4 Å². The number of hydrogen-bond acceptors (Lipinski definition) is 3. The Balaban J connectivity index is 1.95. The van der Waals surface area contributed by atoms with Crippen molar-refractivity contribution in [3.05, 3.63) is 60.1 Å². The molecule has 5 heteroatoms. The third-order valence-corrected chi connectivity index (χ3v) is 4.12. The lowest BCUT2D eigenvalue weighted by Gasteiger charge is -2.28. The first-order valence-electron chi connectivity index (χ1n) is 7.76. The Morgan fingerprint density at radius 2 is 1.83 bits per heavy atom. The van der Waals surface area contributed by atoms with Gasteiger partial charge in [0.15, 0.2) is 0 Å². The molecule has 23 heavy (non-hydrogen) atoms. The van der Waals surface area contributed by atoms with Gasteiger partial charge in [0, 0.05) is 13.6 Å². The number of hydrogen-bond donors (Lipinski definition) is 1. The number of carbonyl (C=O) groups is 1. The minimum atomic E-state index is -0.0974. The molecule has 2 aromatic rings. The van der Waals surface area contributed by atoms with Crippen LogP contribution in [0.5, 0.6) is 0 Å². The van der Waals surface area contributed by atoms with Crippen LogP contribution in [0.4, 0.5) is 4.79 Å². The number of carbonyl (C=O) groups excluding carboxylic acids is 1. The number of nitrogens with one attached hydrogen (secondary N) is 1. The number of urea groups is 1. The molecule has 1 aromatic heterocycles. The average Bonchev–Trinajstić information content (AvgIpc) is 3.08. The van der Waals surface area contributed by atoms with Gasteiger partial charge in [-0.3, -0.25) is 4.90 Å². The van der Waals surface area contributed by atoms with E-state index in [9.17, 15) is 4.79 Å². The fraction of sp³-hybridized carbons (Fsp3) is 0.389. The van der Waals surface area contributed by atoms with Crippen molar-refractivity contribution in [2.45, 2.75) is 19.0 Å². The summed E-state index contributed by atoms with van der Waals surface area (Å²) in [4.78, 5) is 16.2. The molecule has 2 unspecified atom stereocenters. The molecule has 1 aromatic carbocycles. The molecule has 0 fully saturated rings. The summed E-state index contributed by atoms with van der Waals surface area (Å²) in [6.07, 6.45) is 1.65. The van der Waals surface area contributed by atoms with Gasteiger partial charge in [0.2, 0.25) is 0 Å². The predicted octanol–water partition coefficient (Wildman–Crippen LogP) is 3.28. The molecular weight excluding hydrogens is 290 g/mol. The van der Waals surface area contributed by atoms with Gasteiger partial charge in [-0.2, -0.15) is 0 Å². The molecule has 0 radical (unpaired) electrons. The van der Waals surface area contributed by atoms with Gasteiger partial charge in [-0.25, -0.2) is 4.79 Å². The maximum Gasteiger partial charge on any atom is 0.317 e. The van der Waals surface area contributed by atoms with Gasteiger partial charge < -0.3 is 14.6 Å². The van der Waals surface area contributed by atoms with E-state index in [1.54, 1.807) is 11.2 Å². The molecule has 2 atom stereocenters. The lowest BCUT2D eigenvalue weighted by atomic mass is 10.1. The van der Waals surface area contributed by atoms with Crippen LogP contribution < -0.4 is 5.32 Å². The van der Waals surface area contributed by atoms with Gasteiger partial charge in [-0.1, -0.05) is 30.3 Å². The monoisotopic (exact) mass is 315 g/mol. The quantitative estimate of drug-likeness (QED) is 0.890. The summed E-state index contributed by atoms with van der Waals surface area (Å²) in [5, 5.41) is 2.99. The van der Waals surface area contributed by atoms with Crippen LogP contribution in [-0.4, -0.2) is 43.5 Å². The second kappa shape index (κ2) is 7.83. The molecule has 0 aliphatic rings. The van der Waals surface area contributed by atoms with E-state index >= 15 is 0 Å². The molecule has 124 valence electrons. The molecular formula is C18H25N3O2. The first-order chi connectivity index (χ1) is 11.0. The van der Waals surface area contributed by atoms with Crippen LogP contribution >= 0.6 is 0 Å². The molecule has 0 aliphatic heterocycles. The third-order valence-electron chi connectivity index (χ3n) is 4.12. The molecule has 0 aliphatic carbocycles. The number of benzene rings is 1. The summed E-state index contributed by atoms with van der Waals surface area (Å²) in [7, 11) is 5.75. The fourth-order valence-electron chi connectivity index (χ4n) is 2.46. The van der Waals surface area contributed by atoms with E-state index in [0.29, 0.717) is 6.54 Å². The van der Waals surface area contributed by atoms with E-state index < -0.39 is 0 Å². The topological polar surface area (TPSA) is 48.7 Å². The zero-order valence-electron chi connectivity index (χ0n) is 14.2. The van der Waals surface area contributed by atoms with Crippen molar-refractivity contribution in [2.75, 3.05) is 27.7 Å². The van der Waals surface area contributed by atoms with Gasteiger partial charge in [0.25, 0.3) is 0 Å². The second-order valence-corrected chi connectivity index (χ2v) is 5.88. The molecule has 2 rings (SSSR count). The Kier molecular flexibility index (Phi) is 5.82. The average molecular weight is 315 g/mol. The maximum atomic E-state index is 12.4.